The Balaban J connectivity index is 2.48. The number of benzene rings is 1. The second-order valence-corrected chi connectivity index (χ2v) is 4.89. The van der Waals surface area contributed by atoms with Crippen LogP contribution in [-0.4, -0.2) is 16.3 Å². The van der Waals surface area contributed by atoms with Crippen molar-refractivity contribution in [2.24, 2.45) is 0 Å². The smallest absolute Gasteiger partial charge is 0.168 e. The molecule has 0 saturated carbocycles. The van der Waals surface area contributed by atoms with E-state index in [4.69, 9.17) is 17.3 Å². The van der Waals surface area contributed by atoms with E-state index in [1.54, 1.807) is 0 Å². The molecule has 2 rings (SSSR count). The molecule has 0 radical (unpaired) electrons. The lowest BCUT2D eigenvalue weighted by Gasteiger charge is -2.07. The van der Waals surface area contributed by atoms with Crippen LogP contribution in [0.1, 0.15) is 25.3 Å². The second kappa shape index (κ2) is 6.46. The van der Waals surface area contributed by atoms with Gasteiger partial charge in [0, 0.05) is 6.54 Å². The number of nitrogens with zero attached hydrogens (tertiary/aromatic N) is 3. The number of nitrogens with two attached hydrogens (primary N) is 1. The van der Waals surface area contributed by atoms with Crippen LogP contribution >= 0.6 is 11.6 Å². The Bertz CT molecular complexity index is 669. The highest BCUT2D eigenvalue weighted by molar-refractivity contribution is 6.32. The minimum absolute atomic E-state index is 0.0386. The average Bonchev–Trinajstić information content (AvgIpc) is 2.75. The van der Waals surface area contributed by atoms with E-state index in [1.807, 2.05) is 6.07 Å². The normalized spacial score (nSPS) is 10.4. The van der Waals surface area contributed by atoms with Gasteiger partial charge in [-0.05, 0) is 18.6 Å². The maximum absolute atomic E-state index is 14.0. The van der Waals surface area contributed by atoms with Crippen LogP contribution in [-0.2, 0) is 0 Å². The van der Waals surface area contributed by atoms with Gasteiger partial charge in [-0.15, -0.1) is 5.10 Å². The summed E-state index contributed by atoms with van der Waals surface area (Å²) in [5.74, 6) is -0.160. The van der Waals surface area contributed by atoms with Crippen LogP contribution in [0.4, 0.5) is 16.0 Å². The van der Waals surface area contributed by atoms with Crippen LogP contribution in [0.15, 0.2) is 18.2 Å². The Morgan fingerprint density at radius 2 is 2.29 bits per heavy atom. The Morgan fingerprint density at radius 1 is 1.52 bits per heavy atom. The van der Waals surface area contributed by atoms with E-state index in [1.165, 1.54) is 18.2 Å². The van der Waals surface area contributed by atoms with Gasteiger partial charge in [0.05, 0.1) is 5.02 Å². The minimum Gasteiger partial charge on any atom is -0.382 e. The number of nitriles is 1. The van der Waals surface area contributed by atoms with Crippen molar-refractivity contribution in [1.29, 1.82) is 5.26 Å². The summed E-state index contributed by atoms with van der Waals surface area (Å²) in [6.45, 7) is 2.71. The summed E-state index contributed by atoms with van der Waals surface area (Å²) >= 11 is 6.01. The number of anilines is 2. The van der Waals surface area contributed by atoms with Crippen LogP contribution in [0.5, 0.6) is 0 Å². The number of nitrogens with one attached hydrogen (secondary N) is 1. The molecule has 1 aromatic heterocycles. The van der Waals surface area contributed by atoms with Crippen molar-refractivity contribution in [1.82, 2.24) is 9.78 Å². The third-order valence-electron chi connectivity index (χ3n) is 3.01. The zero-order valence-electron chi connectivity index (χ0n) is 11.5. The molecule has 0 atom stereocenters. The third-order valence-corrected chi connectivity index (χ3v) is 3.31. The summed E-state index contributed by atoms with van der Waals surface area (Å²) in [7, 11) is 0. The standard InChI is InChI=1S/C14H15ClFN5/c1-2-3-7-19-14-9(8-17)13(18)21(20-14)12-10(15)5-4-6-11(12)16/h4-6H,2-3,7,18H2,1H3,(H,19,20). The van der Waals surface area contributed by atoms with Crippen molar-refractivity contribution in [2.75, 3.05) is 17.6 Å². The summed E-state index contributed by atoms with van der Waals surface area (Å²) < 4.78 is 15.1. The van der Waals surface area contributed by atoms with Crippen molar-refractivity contribution in [3.8, 4) is 11.8 Å². The molecule has 0 amide bonds. The van der Waals surface area contributed by atoms with Gasteiger partial charge in [-0.3, -0.25) is 0 Å². The van der Waals surface area contributed by atoms with Gasteiger partial charge >= 0.3 is 0 Å². The Morgan fingerprint density at radius 3 is 2.90 bits per heavy atom. The number of unbranched alkanes of at least 4 members (excludes halogenated alkanes) is 1. The van der Waals surface area contributed by atoms with Gasteiger partial charge in [0.25, 0.3) is 0 Å². The monoisotopic (exact) mass is 307 g/mol. The molecule has 0 unspecified atom stereocenters. The number of hydrogen-bond acceptors (Lipinski definition) is 4. The summed E-state index contributed by atoms with van der Waals surface area (Å²) in [5, 5.41) is 16.6. The quantitative estimate of drug-likeness (QED) is 0.830. The van der Waals surface area contributed by atoms with Crippen molar-refractivity contribution in [3.05, 3.63) is 34.6 Å². The van der Waals surface area contributed by atoms with Gasteiger partial charge in [-0.25, -0.2) is 9.07 Å². The van der Waals surface area contributed by atoms with Crippen LogP contribution < -0.4 is 11.1 Å². The first-order valence-corrected chi connectivity index (χ1v) is 6.94. The van der Waals surface area contributed by atoms with Gasteiger partial charge in [0.1, 0.15) is 29.0 Å². The topological polar surface area (TPSA) is 79.7 Å². The zero-order chi connectivity index (χ0) is 15.4. The van der Waals surface area contributed by atoms with Crippen molar-refractivity contribution < 1.29 is 4.39 Å². The van der Waals surface area contributed by atoms with E-state index in [9.17, 15) is 9.65 Å². The molecule has 7 heteroatoms. The van der Waals surface area contributed by atoms with Crippen molar-refractivity contribution >= 4 is 23.2 Å². The summed E-state index contributed by atoms with van der Waals surface area (Å²) in [5.41, 5.74) is 6.13. The van der Waals surface area contributed by atoms with E-state index in [0.29, 0.717) is 12.4 Å². The number of aromatic nitrogens is 2. The molecule has 0 aliphatic carbocycles. The average molecular weight is 308 g/mol. The van der Waals surface area contributed by atoms with Crippen molar-refractivity contribution in [2.45, 2.75) is 19.8 Å². The van der Waals surface area contributed by atoms with Gasteiger partial charge in [0.2, 0.25) is 0 Å². The first-order valence-electron chi connectivity index (χ1n) is 6.57. The molecule has 0 bridgehead atoms. The molecule has 0 spiro atoms. The predicted molar refractivity (Wildman–Crippen MR) is 81.1 cm³/mol. The van der Waals surface area contributed by atoms with Gasteiger partial charge in [0.15, 0.2) is 5.82 Å². The lowest BCUT2D eigenvalue weighted by atomic mass is 10.3. The van der Waals surface area contributed by atoms with E-state index in [-0.39, 0.29) is 22.1 Å². The largest absolute Gasteiger partial charge is 0.382 e. The minimum atomic E-state index is -0.554. The molecule has 0 aliphatic heterocycles. The van der Waals surface area contributed by atoms with Crippen molar-refractivity contribution in [3.63, 3.8) is 0 Å². The maximum atomic E-state index is 14.0. The number of hydrogen-bond donors (Lipinski definition) is 2. The third kappa shape index (κ3) is 2.93. The molecular formula is C14H15ClFN5. The molecule has 5 nitrogen and oxygen atoms in total. The molecule has 0 saturated heterocycles. The first-order chi connectivity index (χ1) is 10.1. The highest BCUT2D eigenvalue weighted by Gasteiger charge is 2.20. The molecule has 2 aromatic rings. The number of rotatable bonds is 5. The lowest BCUT2D eigenvalue weighted by Crippen LogP contribution is -2.06. The molecule has 21 heavy (non-hydrogen) atoms. The fraction of sp³-hybridized carbons (Fsp3) is 0.286. The van der Waals surface area contributed by atoms with Crippen LogP contribution in [0.3, 0.4) is 0 Å². The lowest BCUT2D eigenvalue weighted by molar-refractivity contribution is 0.612. The van der Waals surface area contributed by atoms with Gasteiger partial charge in [-0.2, -0.15) is 5.26 Å². The molecule has 3 N–H and O–H groups in total. The molecule has 0 aliphatic rings. The van der Waals surface area contributed by atoms with E-state index in [2.05, 4.69) is 17.3 Å². The molecule has 0 fully saturated rings. The maximum Gasteiger partial charge on any atom is 0.168 e. The Kier molecular flexibility index (Phi) is 4.66. The highest BCUT2D eigenvalue weighted by atomic mass is 35.5. The van der Waals surface area contributed by atoms with Gasteiger partial charge in [-0.1, -0.05) is 31.0 Å². The molecule has 1 aromatic carbocycles. The van der Waals surface area contributed by atoms with Crippen LogP contribution in [0.2, 0.25) is 5.02 Å². The van der Waals surface area contributed by atoms with E-state index < -0.39 is 5.82 Å². The molecule has 1 heterocycles. The fourth-order valence-corrected chi connectivity index (χ4v) is 2.15. The summed E-state index contributed by atoms with van der Waals surface area (Å²) in [6.07, 6.45) is 1.93. The first kappa shape index (κ1) is 15.1. The summed E-state index contributed by atoms with van der Waals surface area (Å²) in [6, 6.07) is 6.28. The van der Waals surface area contributed by atoms with Crippen LogP contribution in [0.25, 0.3) is 5.69 Å². The summed E-state index contributed by atoms with van der Waals surface area (Å²) in [4.78, 5) is 0. The highest BCUT2D eigenvalue weighted by Crippen LogP contribution is 2.29. The zero-order valence-corrected chi connectivity index (χ0v) is 12.3. The fourth-order valence-electron chi connectivity index (χ4n) is 1.91. The Hall–Kier alpha value is -2.26. The number of nitrogen functional groups attached to an aromatic ring is 1. The second-order valence-electron chi connectivity index (χ2n) is 4.48. The SMILES string of the molecule is CCCCNc1nn(-c2c(F)cccc2Cl)c(N)c1C#N. The van der Waals surface area contributed by atoms with Gasteiger partial charge < -0.3 is 11.1 Å². The van der Waals surface area contributed by atoms with E-state index >= 15 is 0 Å². The molecular weight excluding hydrogens is 293 g/mol. The number of para-hydroxylation sites is 1. The van der Waals surface area contributed by atoms with Crippen LogP contribution in [0, 0.1) is 17.1 Å². The predicted octanol–water partition coefficient (Wildman–Crippen LogP) is 3.33. The molecule has 110 valence electrons. The Labute approximate surface area is 127 Å². The number of halogens is 2. The van der Waals surface area contributed by atoms with E-state index in [0.717, 1.165) is 17.5 Å².